The van der Waals surface area contributed by atoms with Crippen molar-refractivity contribution < 1.29 is 18.0 Å². The molecule has 2 aliphatic heterocycles. The third kappa shape index (κ3) is 4.91. The summed E-state index contributed by atoms with van der Waals surface area (Å²) in [7, 11) is -3.72. The maximum Gasteiger partial charge on any atom is 0.243 e. The number of nitrogens with two attached hydrogens (primary N) is 1. The van der Waals surface area contributed by atoms with E-state index in [-0.39, 0.29) is 29.3 Å². The van der Waals surface area contributed by atoms with E-state index in [9.17, 15) is 18.0 Å². The monoisotopic (exact) mass is 472 g/mol. The number of hydrogen-bond acceptors (Lipinski definition) is 5. The average Bonchev–Trinajstić information content (AvgIpc) is 3.14. The quantitative estimate of drug-likeness (QED) is 0.631. The van der Waals surface area contributed by atoms with E-state index >= 15 is 0 Å². The van der Waals surface area contributed by atoms with E-state index in [0.717, 1.165) is 4.47 Å². The van der Waals surface area contributed by atoms with Crippen LogP contribution in [0.5, 0.6) is 0 Å². The van der Waals surface area contributed by atoms with Gasteiger partial charge in [0.25, 0.3) is 0 Å². The molecule has 1 unspecified atom stereocenters. The molecule has 2 heterocycles. The maximum absolute atomic E-state index is 13.0. The van der Waals surface area contributed by atoms with Crippen molar-refractivity contribution in [1.29, 1.82) is 0 Å². The van der Waals surface area contributed by atoms with Crippen molar-refractivity contribution >= 4 is 37.8 Å². The van der Waals surface area contributed by atoms with Gasteiger partial charge < -0.3 is 11.1 Å². The van der Waals surface area contributed by atoms with Crippen molar-refractivity contribution in [2.45, 2.75) is 42.7 Å². The summed E-state index contributed by atoms with van der Waals surface area (Å²) in [5.41, 5.74) is 5.22. The summed E-state index contributed by atoms with van der Waals surface area (Å²) < 4.78 is 28.1. The second kappa shape index (κ2) is 8.89. The lowest BCUT2D eigenvalue weighted by Crippen LogP contribution is -2.52. The molecule has 0 bridgehead atoms. The van der Waals surface area contributed by atoms with E-state index in [1.54, 1.807) is 24.3 Å². The lowest BCUT2D eigenvalue weighted by Gasteiger charge is -2.32. The minimum atomic E-state index is -3.72. The summed E-state index contributed by atoms with van der Waals surface area (Å²) in [6.45, 7) is 1.93. The topological polar surface area (TPSA) is 113 Å². The van der Waals surface area contributed by atoms with Gasteiger partial charge in [-0.3, -0.25) is 14.5 Å². The molecular weight excluding hydrogens is 448 g/mol. The Morgan fingerprint density at radius 1 is 1.11 bits per heavy atom. The summed E-state index contributed by atoms with van der Waals surface area (Å²) in [5.74, 6) is -0.603. The van der Waals surface area contributed by atoms with Crippen molar-refractivity contribution in [3.63, 3.8) is 0 Å². The number of hydrogen-bond donors (Lipinski definition) is 2. The fraction of sp³-hybridized carbons (Fsp3) is 0.556. The number of halogens is 1. The van der Waals surface area contributed by atoms with E-state index in [2.05, 4.69) is 21.2 Å². The van der Waals surface area contributed by atoms with Gasteiger partial charge in [0, 0.05) is 30.1 Å². The lowest BCUT2D eigenvalue weighted by atomic mass is 10.0. The molecule has 2 fully saturated rings. The SMILES string of the molecule is NC(=O)CN1CCC(NC(=O)C2CCCN2S(=O)(=O)c2ccc(Br)cc2)CC1. The number of nitrogens with one attached hydrogen (secondary N) is 1. The first-order valence-electron chi connectivity index (χ1n) is 9.36. The highest BCUT2D eigenvalue weighted by Crippen LogP contribution is 2.27. The number of piperidine rings is 1. The molecule has 1 atom stereocenters. The second-order valence-electron chi connectivity index (χ2n) is 7.25. The molecule has 0 aliphatic carbocycles. The van der Waals surface area contributed by atoms with Gasteiger partial charge in [0.15, 0.2) is 0 Å². The van der Waals surface area contributed by atoms with Crippen LogP contribution in [0.2, 0.25) is 0 Å². The molecular formula is C18H25BrN4O4S. The number of nitrogens with zero attached hydrogens (tertiary/aromatic N) is 2. The Labute approximate surface area is 173 Å². The van der Waals surface area contributed by atoms with Crippen LogP contribution in [-0.2, 0) is 19.6 Å². The standard InChI is InChI=1S/C18H25BrN4O4S/c19-13-3-5-15(6-4-13)28(26,27)23-9-1-2-16(23)18(25)21-14-7-10-22(11-8-14)12-17(20)24/h3-6,14,16H,1-2,7-12H2,(H2,20,24)(H,21,25). The predicted octanol–water partition coefficient (Wildman–Crippen LogP) is 0.668. The van der Waals surface area contributed by atoms with Crippen LogP contribution in [0, 0.1) is 0 Å². The summed E-state index contributed by atoms with van der Waals surface area (Å²) in [6, 6.07) is 5.74. The van der Waals surface area contributed by atoms with E-state index in [4.69, 9.17) is 5.73 Å². The van der Waals surface area contributed by atoms with Crippen LogP contribution < -0.4 is 11.1 Å². The summed E-state index contributed by atoms with van der Waals surface area (Å²) in [4.78, 5) is 26.0. The molecule has 1 aromatic rings. The normalized spacial score (nSPS) is 22.2. The van der Waals surface area contributed by atoms with Crippen LogP contribution in [0.3, 0.4) is 0 Å². The molecule has 0 radical (unpaired) electrons. The van der Waals surface area contributed by atoms with Gasteiger partial charge in [0.05, 0.1) is 11.4 Å². The van der Waals surface area contributed by atoms with E-state index < -0.39 is 16.1 Å². The molecule has 8 nitrogen and oxygen atoms in total. The predicted molar refractivity (Wildman–Crippen MR) is 108 cm³/mol. The molecule has 10 heteroatoms. The highest BCUT2D eigenvalue weighted by atomic mass is 79.9. The minimum absolute atomic E-state index is 0.0190. The van der Waals surface area contributed by atoms with Crippen molar-refractivity contribution in [2.75, 3.05) is 26.2 Å². The number of rotatable bonds is 6. The summed E-state index contributed by atoms with van der Waals surface area (Å²) >= 11 is 3.30. The van der Waals surface area contributed by atoms with Crippen molar-refractivity contribution in [3.05, 3.63) is 28.7 Å². The second-order valence-corrected chi connectivity index (χ2v) is 10.1. The number of amides is 2. The fourth-order valence-electron chi connectivity index (χ4n) is 3.79. The molecule has 2 amide bonds. The zero-order valence-electron chi connectivity index (χ0n) is 15.5. The molecule has 1 aromatic carbocycles. The van der Waals surface area contributed by atoms with Crippen molar-refractivity contribution in [1.82, 2.24) is 14.5 Å². The van der Waals surface area contributed by atoms with Crippen molar-refractivity contribution in [3.8, 4) is 0 Å². The van der Waals surface area contributed by atoms with Gasteiger partial charge >= 0.3 is 0 Å². The third-order valence-corrected chi connectivity index (χ3v) is 7.69. The van der Waals surface area contributed by atoms with Gasteiger partial charge in [-0.05, 0) is 49.9 Å². The Hall–Kier alpha value is -1.49. The zero-order valence-corrected chi connectivity index (χ0v) is 17.9. The van der Waals surface area contributed by atoms with Crippen LogP contribution in [-0.4, -0.2) is 67.7 Å². The number of benzene rings is 1. The third-order valence-electron chi connectivity index (χ3n) is 5.24. The number of carbonyl (C=O) groups is 2. The Balaban J connectivity index is 1.62. The summed E-state index contributed by atoms with van der Waals surface area (Å²) in [5, 5.41) is 3.00. The zero-order chi connectivity index (χ0) is 20.3. The lowest BCUT2D eigenvalue weighted by molar-refractivity contribution is -0.125. The number of carbonyl (C=O) groups excluding carboxylic acids is 2. The molecule has 2 aliphatic rings. The van der Waals surface area contributed by atoms with E-state index in [0.29, 0.717) is 45.3 Å². The molecule has 28 heavy (non-hydrogen) atoms. The van der Waals surface area contributed by atoms with Crippen LogP contribution in [0.15, 0.2) is 33.6 Å². The number of likely N-dealkylation sites (tertiary alicyclic amines) is 1. The first kappa shape index (κ1) is 21.2. The van der Waals surface area contributed by atoms with Crippen LogP contribution in [0.1, 0.15) is 25.7 Å². The first-order valence-corrected chi connectivity index (χ1v) is 11.6. The smallest absolute Gasteiger partial charge is 0.243 e. The summed E-state index contributed by atoms with van der Waals surface area (Å²) in [6.07, 6.45) is 2.60. The molecule has 0 spiro atoms. The molecule has 2 saturated heterocycles. The minimum Gasteiger partial charge on any atom is -0.369 e. The van der Waals surface area contributed by atoms with Crippen LogP contribution >= 0.6 is 15.9 Å². The maximum atomic E-state index is 13.0. The van der Waals surface area contributed by atoms with Crippen LogP contribution in [0.25, 0.3) is 0 Å². The van der Waals surface area contributed by atoms with Gasteiger partial charge in [0.1, 0.15) is 6.04 Å². The van der Waals surface area contributed by atoms with Gasteiger partial charge in [-0.2, -0.15) is 4.31 Å². The Morgan fingerprint density at radius 2 is 1.75 bits per heavy atom. The Kier molecular flexibility index (Phi) is 6.74. The number of sulfonamides is 1. The van der Waals surface area contributed by atoms with Crippen LogP contribution in [0.4, 0.5) is 0 Å². The van der Waals surface area contributed by atoms with E-state index in [1.807, 2.05) is 4.90 Å². The van der Waals surface area contributed by atoms with Gasteiger partial charge in [-0.25, -0.2) is 8.42 Å². The van der Waals surface area contributed by atoms with Crippen molar-refractivity contribution in [2.24, 2.45) is 5.73 Å². The molecule has 0 aromatic heterocycles. The van der Waals surface area contributed by atoms with Gasteiger partial charge in [-0.1, -0.05) is 15.9 Å². The largest absolute Gasteiger partial charge is 0.369 e. The first-order chi connectivity index (χ1) is 13.3. The Bertz CT molecular complexity index is 822. The average molecular weight is 473 g/mol. The van der Waals surface area contributed by atoms with Gasteiger partial charge in [0.2, 0.25) is 21.8 Å². The molecule has 3 N–H and O–H groups in total. The Morgan fingerprint density at radius 3 is 2.36 bits per heavy atom. The van der Waals surface area contributed by atoms with Gasteiger partial charge in [-0.15, -0.1) is 0 Å². The van der Waals surface area contributed by atoms with E-state index in [1.165, 1.54) is 4.31 Å². The highest BCUT2D eigenvalue weighted by molar-refractivity contribution is 9.10. The molecule has 0 saturated carbocycles. The number of primary amides is 1. The highest BCUT2D eigenvalue weighted by Gasteiger charge is 2.40. The fourth-order valence-corrected chi connectivity index (χ4v) is 5.71. The molecule has 154 valence electrons. The molecule has 3 rings (SSSR count).